The number of tetrazole rings is 1. The zero-order valence-electron chi connectivity index (χ0n) is 12.2. The summed E-state index contributed by atoms with van der Waals surface area (Å²) in [5.41, 5.74) is 3.85. The van der Waals surface area contributed by atoms with Gasteiger partial charge in [0, 0.05) is 6.04 Å². The number of nitrogens with zero attached hydrogens (tertiary/aromatic N) is 4. The summed E-state index contributed by atoms with van der Waals surface area (Å²) in [6.07, 6.45) is 3.21. The summed E-state index contributed by atoms with van der Waals surface area (Å²) in [5.74, 6) is 0.704. The van der Waals surface area contributed by atoms with E-state index in [0.29, 0.717) is 12.0 Å². The molecule has 1 aliphatic rings. The average molecular weight is 291 g/mol. The van der Waals surface area contributed by atoms with Crippen molar-refractivity contribution >= 4 is 5.95 Å². The second kappa shape index (κ2) is 5.60. The van der Waals surface area contributed by atoms with Crippen LogP contribution in [0.25, 0.3) is 5.69 Å². The summed E-state index contributed by atoms with van der Waals surface area (Å²) in [6.45, 7) is 0. The SMILES string of the molecule is c1ccc(-n2nnnc2NC2CCc3ccccc3C2)cc1. The molecule has 1 aromatic heterocycles. The number of fused-ring (bicyclic) bond motifs is 1. The Morgan fingerprint density at radius 2 is 1.73 bits per heavy atom. The van der Waals surface area contributed by atoms with Crippen LogP contribution in [0, 0.1) is 0 Å². The van der Waals surface area contributed by atoms with Crippen LogP contribution >= 0.6 is 0 Å². The molecule has 1 unspecified atom stereocenters. The Hall–Kier alpha value is -2.69. The zero-order chi connectivity index (χ0) is 14.8. The maximum atomic E-state index is 4.13. The van der Waals surface area contributed by atoms with Crippen molar-refractivity contribution in [1.82, 2.24) is 20.2 Å². The van der Waals surface area contributed by atoms with Crippen molar-refractivity contribution in [3.63, 3.8) is 0 Å². The van der Waals surface area contributed by atoms with Gasteiger partial charge in [-0.05, 0) is 52.9 Å². The van der Waals surface area contributed by atoms with Gasteiger partial charge >= 0.3 is 0 Å². The number of hydrogen-bond donors (Lipinski definition) is 1. The maximum absolute atomic E-state index is 4.13. The number of nitrogens with one attached hydrogen (secondary N) is 1. The third kappa shape index (κ3) is 2.45. The third-order valence-corrected chi connectivity index (χ3v) is 4.15. The van der Waals surface area contributed by atoms with Gasteiger partial charge in [0.2, 0.25) is 5.95 Å². The molecule has 0 fully saturated rings. The van der Waals surface area contributed by atoms with Crippen LogP contribution in [0.15, 0.2) is 54.6 Å². The number of aryl methyl sites for hydroxylation is 1. The van der Waals surface area contributed by atoms with Crippen molar-refractivity contribution in [3.05, 3.63) is 65.7 Å². The van der Waals surface area contributed by atoms with Crippen LogP contribution in [0.5, 0.6) is 0 Å². The lowest BCUT2D eigenvalue weighted by Gasteiger charge is -2.25. The van der Waals surface area contributed by atoms with Crippen molar-refractivity contribution in [2.24, 2.45) is 0 Å². The number of hydrogen-bond acceptors (Lipinski definition) is 4. The summed E-state index contributed by atoms with van der Waals surface area (Å²) in [5, 5.41) is 15.5. The predicted molar refractivity (Wildman–Crippen MR) is 85.0 cm³/mol. The molecule has 4 rings (SSSR count). The molecule has 1 aliphatic carbocycles. The molecule has 5 heteroatoms. The minimum absolute atomic E-state index is 0.364. The van der Waals surface area contributed by atoms with Gasteiger partial charge in [0.25, 0.3) is 0 Å². The molecule has 0 saturated carbocycles. The van der Waals surface area contributed by atoms with Crippen LogP contribution in [0.3, 0.4) is 0 Å². The van der Waals surface area contributed by atoms with Gasteiger partial charge in [0.05, 0.1) is 5.69 Å². The van der Waals surface area contributed by atoms with E-state index in [4.69, 9.17) is 0 Å². The molecule has 0 amide bonds. The summed E-state index contributed by atoms with van der Waals surface area (Å²) < 4.78 is 1.75. The van der Waals surface area contributed by atoms with Gasteiger partial charge in [-0.3, -0.25) is 0 Å². The topological polar surface area (TPSA) is 55.6 Å². The van der Waals surface area contributed by atoms with E-state index in [2.05, 4.69) is 45.1 Å². The van der Waals surface area contributed by atoms with Gasteiger partial charge < -0.3 is 5.32 Å². The van der Waals surface area contributed by atoms with Crippen molar-refractivity contribution in [1.29, 1.82) is 0 Å². The van der Waals surface area contributed by atoms with E-state index in [1.54, 1.807) is 4.68 Å². The Labute approximate surface area is 129 Å². The minimum Gasteiger partial charge on any atom is -0.350 e. The van der Waals surface area contributed by atoms with Crippen molar-refractivity contribution < 1.29 is 0 Å². The largest absolute Gasteiger partial charge is 0.350 e. The van der Waals surface area contributed by atoms with Crippen molar-refractivity contribution in [2.75, 3.05) is 5.32 Å². The molecule has 1 heterocycles. The first-order valence-electron chi connectivity index (χ1n) is 7.57. The smallest absolute Gasteiger partial charge is 0.247 e. The molecular weight excluding hydrogens is 274 g/mol. The maximum Gasteiger partial charge on any atom is 0.247 e. The molecule has 0 saturated heterocycles. The van der Waals surface area contributed by atoms with E-state index in [1.807, 2.05) is 30.3 Å². The van der Waals surface area contributed by atoms with E-state index in [-0.39, 0.29) is 0 Å². The summed E-state index contributed by atoms with van der Waals surface area (Å²) in [6, 6.07) is 19.0. The molecule has 1 atom stereocenters. The lowest BCUT2D eigenvalue weighted by molar-refractivity contribution is 0.603. The van der Waals surface area contributed by atoms with Gasteiger partial charge in [-0.1, -0.05) is 47.6 Å². The quantitative estimate of drug-likeness (QED) is 0.806. The fourth-order valence-electron chi connectivity index (χ4n) is 3.02. The van der Waals surface area contributed by atoms with Crippen LogP contribution < -0.4 is 5.32 Å². The highest BCUT2D eigenvalue weighted by Gasteiger charge is 2.20. The highest BCUT2D eigenvalue weighted by molar-refractivity contribution is 5.40. The molecule has 22 heavy (non-hydrogen) atoms. The van der Waals surface area contributed by atoms with Gasteiger partial charge in [0.15, 0.2) is 0 Å². The second-order valence-corrected chi connectivity index (χ2v) is 5.60. The number of para-hydroxylation sites is 1. The Morgan fingerprint density at radius 1 is 0.955 bits per heavy atom. The number of benzene rings is 2. The molecule has 0 radical (unpaired) electrons. The number of anilines is 1. The molecule has 5 nitrogen and oxygen atoms in total. The van der Waals surface area contributed by atoms with Crippen LogP contribution in [0.4, 0.5) is 5.95 Å². The zero-order valence-corrected chi connectivity index (χ0v) is 12.2. The lowest BCUT2D eigenvalue weighted by Crippen LogP contribution is -2.28. The first kappa shape index (κ1) is 13.0. The van der Waals surface area contributed by atoms with Crippen LogP contribution in [0.2, 0.25) is 0 Å². The first-order valence-corrected chi connectivity index (χ1v) is 7.57. The van der Waals surface area contributed by atoms with E-state index in [1.165, 1.54) is 11.1 Å². The lowest BCUT2D eigenvalue weighted by atomic mass is 9.88. The van der Waals surface area contributed by atoms with Crippen LogP contribution in [-0.2, 0) is 12.8 Å². The molecule has 0 bridgehead atoms. The number of aromatic nitrogens is 4. The van der Waals surface area contributed by atoms with Gasteiger partial charge in [-0.2, -0.15) is 4.68 Å². The summed E-state index contributed by atoms with van der Waals surface area (Å²) in [4.78, 5) is 0. The van der Waals surface area contributed by atoms with Crippen molar-refractivity contribution in [2.45, 2.75) is 25.3 Å². The predicted octanol–water partition coefficient (Wildman–Crippen LogP) is 2.63. The molecule has 0 spiro atoms. The Balaban J connectivity index is 1.55. The van der Waals surface area contributed by atoms with E-state index in [9.17, 15) is 0 Å². The first-order chi connectivity index (χ1) is 10.9. The van der Waals surface area contributed by atoms with E-state index < -0.39 is 0 Å². The third-order valence-electron chi connectivity index (χ3n) is 4.15. The minimum atomic E-state index is 0.364. The summed E-state index contributed by atoms with van der Waals surface area (Å²) >= 11 is 0. The standard InChI is InChI=1S/C17H17N5/c1-2-8-16(9-3-1)22-17(19-20-21-22)18-15-11-10-13-6-4-5-7-14(13)12-15/h1-9,15H,10-12H2,(H,18,19,21). The molecule has 0 aliphatic heterocycles. The molecule has 3 aromatic rings. The fourth-order valence-corrected chi connectivity index (χ4v) is 3.02. The Morgan fingerprint density at radius 3 is 2.59 bits per heavy atom. The second-order valence-electron chi connectivity index (χ2n) is 5.60. The van der Waals surface area contributed by atoms with Gasteiger partial charge in [-0.15, -0.1) is 0 Å². The highest BCUT2D eigenvalue weighted by atomic mass is 15.6. The van der Waals surface area contributed by atoms with Gasteiger partial charge in [-0.25, -0.2) is 0 Å². The highest BCUT2D eigenvalue weighted by Crippen LogP contribution is 2.23. The molecular formula is C17H17N5. The number of rotatable bonds is 3. The normalized spacial score (nSPS) is 17.0. The van der Waals surface area contributed by atoms with Crippen LogP contribution in [0.1, 0.15) is 17.5 Å². The Bertz CT molecular complexity index is 765. The van der Waals surface area contributed by atoms with Crippen LogP contribution in [-0.4, -0.2) is 26.2 Å². The molecule has 2 aromatic carbocycles. The van der Waals surface area contributed by atoms with Gasteiger partial charge in [0.1, 0.15) is 0 Å². The van der Waals surface area contributed by atoms with Crippen molar-refractivity contribution in [3.8, 4) is 5.69 Å². The van der Waals surface area contributed by atoms with E-state index in [0.717, 1.165) is 24.9 Å². The fraction of sp³-hybridized carbons (Fsp3) is 0.235. The Kier molecular flexibility index (Phi) is 3.31. The molecule has 110 valence electrons. The van der Waals surface area contributed by atoms with E-state index >= 15 is 0 Å². The monoisotopic (exact) mass is 291 g/mol. The molecule has 1 N–H and O–H groups in total. The average Bonchev–Trinajstić information content (AvgIpc) is 3.04. The summed E-state index contributed by atoms with van der Waals surface area (Å²) in [7, 11) is 0.